The van der Waals surface area contributed by atoms with Crippen molar-refractivity contribution in [1.29, 1.82) is 0 Å². The second kappa shape index (κ2) is 7.34. The topological polar surface area (TPSA) is 33.1 Å². The molecule has 4 aromatic rings. The molecule has 0 aliphatic heterocycles. The molecule has 3 aromatic carbocycles. The number of nitrogens with zero attached hydrogens (tertiary/aromatic N) is 1. The van der Waals surface area contributed by atoms with E-state index in [1.54, 1.807) is 0 Å². The van der Waals surface area contributed by atoms with Gasteiger partial charge in [0.05, 0.1) is 11.2 Å². The van der Waals surface area contributed by atoms with Gasteiger partial charge in [-0.05, 0) is 41.0 Å². The lowest BCUT2D eigenvalue weighted by Crippen LogP contribution is -1.99. The molecular formula is C24H19NO. The van der Waals surface area contributed by atoms with E-state index in [0.717, 1.165) is 33.3 Å². The molecule has 1 N–H and O–H groups in total. The molecule has 1 unspecified atom stereocenters. The van der Waals surface area contributed by atoms with Crippen molar-refractivity contribution in [1.82, 2.24) is 4.98 Å². The van der Waals surface area contributed by atoms with E-state index in [2.05, 4.69) is 17.1 Å². The third-order valence-corrected chi connectivity index (χ3v) is 4.41. The van der Waals surface area contributed by atoms with Gasteiger partial charge in [0, 0.05) is 5.39 Å². The normalized spacial score (nSPS) is 12.5. The van der Waals surface area contributed by atoms with Crippen molar-refractivity contribution in [2.24, 2.45) is 0 Å². The van der Waals surface area contributed by atoms with Crippen LogP contribution in [0.5, 0.6) is 0 Å². The van der Waals surface area contributed by atoms with E-state index >= 15 is 0 Å². The monoisotopic (exact) mass is 337 g/mol. The Morgan fingerprint density at radius 1 is 0.692 bits per heavy atom. The fourth-order valence-electron chi connectivity index (χ4n) is 3.02. The molecule has 1 aromatic heterocycles. The Balaban J connectivity index is 1.59. The zero-order valence-electron chi connectivity index (χ0n) is 14.3. The summed E-state index contributed by atoms with van der Waals surface area (Å²) in [6.45, 7) is 0. The predicted molar refractivity (Wildman–Crippen MR) is 108 cm³/mol. The van der Waals surface area contributed by atoms with Crippen molar-refractivity contribution in [3.05, 3.63) is 113 Å². The van der Waals surface area contributed by atoms with Gasteiger partial charge in [-0.15, -0.1) is 0 Å². The highest BCUT2D eigenvalue weighted by molar-refractivity contribution is 5.80. The molecule has 26 heavy (non-hydrogen) atoms. The second-order valence-electron chi connectivity index (χ2n) is 6.25. The summed E-state index contributed by atoms with van der Waals surface area (Å²) in [6.07, 6.45) is 3.40. The zero-order valence-corrected chi connectivity index (χ0v) is 14.3. The molecule has 0 saturated carbocycles. The minimum atomic E-state index is -0.622. The maximum atomic E-state index is 10.6. The minimum Gasteiger partial charge on any atom is -0.384 e. The Hall–Kier alpha value is -3.23. The summed E-state index contributed by atoms with van der Waals surface area (Å²) in [5.74, 6) is 0. The first-order valence-corrected chi connectivity index (χ1v) is 8.66. The van der Waals surface area contributed by atoms with Crippen molar-refractivity contribution >= 4 is 23.1 Å². The maximum absolute atomic E-state index is 10.6. The van der Waals surface area contributed by atoms with E-state index in [-0.39, 0.29) is 0 Å². The molecule has 0 radical (unpaired) electrons. The number of para-hydroxylation sites is 1. The number of hydrogen-bond donors (Lipinski definition) is 1. The Morgan fingerprint density at radius 3 is 2.35 bits per heavy atom. The summed E-state index contributed by atoms with van der Waals surface area (Å²) in [6, 6.07) is 29.8. The van der Waals surface area contributed by atoms with Gasteiger partial charge in [-0.1, -0.05) is 78.9 Å². The third kappa shape index (κ3) is 3.56. The summed E-state index contributed by atoms with van der Waals surface area (Å²) in [5, 5.41) is 11.7. The Labute approximate surface area is 153 Å². The minimum absolute atomic E-state index is 0.622. The molecule has 0 spiro atoms. The van der Waals surface area contributed by atoms with E-state index < -0.39 is 6.10 Å². The van der Waals surface area contributed by atoms with Crippen LogP contribution in [0.4, 0.5) is 0 Å². The molecule has 1 atom stereocenters. The van der Waals surface area contributed by atoms with Crippen LogP contribution in [-0.4, -0.2) is 10.1 Å². The molecule has 0 aliphatic carbocycles. The van der Waals surface area contributed by atoms with Gasteiger partial charge >= 0.3 is 0 Å². The molecule has 4 rings (SSSR count). The number of aromatic nitrogens is 1. The highest BCUT2D eigenvalue weighted by atomic mass is 16.3. The van der Waals surface area contributed by atoms with E-state index in [0.29, 0.717) is 0 Å². The van der Waals surface area contributed by atoms with Gasteiger partial charge in [-0.3, -0.25) is 0 Å². The van der Waals surface area contributed by atoms with Crippen molar-refractivity contribution < 1.29 is 5.11 Å². The average molecular weight is 337 g/mol. The van der Waals surface area contributed by atoms with Crippen LogP contribution in [0.2, 0.25) is 0 Å². The lowest BCUT2D eigenvalue weighted by Gasteiger charge is -2.12. The number of rotatable bonds is 4. The second-order valence-corrected chi connectivity index (χ2v) is 6.25. The van der Waals surface area contributed by atoms with Gasteiger partial charge in [-0.2, -0.15) is 0 Å². The summed E-state index contributed by atoms with van der Waals surface area (Å²) >= 11 is 0. The van der Waals surface area contributed by atoms with Crippen molar-refractivity contribution in [2.45, 2.75) is 6.10 Å². The molecule has 1 heterocycles. The first-order valence-electron chi connectivity index (χ1n) is 8.66. The Morgan fingerprint density at radius 2 is 1.46 bits per heavy atom. The van der Waals surface area contributed by atoms with Crippen LogP contribution in [0.1, 0.15) is 28.5 Å². The van der Waals surface area contributed by atoms with Crippen molar-refractivity contribution in [3.63, 3.8) is 0 Å². The van der Waals surface area contributed by atoms with E-state index in [1.807, 2.05) is 91.0 Å². The Bertz CT molecular complexity index is 1050. The van der Waals surface area contributed by atoms with Crippen LogP contribution in [0.3, 0.4) is 0 Å². The largest absolute Gasteiger partial charge is 0.384 e. The molecule has 2 heteroatoms. The van der Waals surface area contributed by atoms with Crippen LogP contribution in [0, 0.1) is 0 Å². The Kier molecular flexibility index (Phi) is 4.59. The number of aliphatic hydroxyl groups excluding tert-OH is 1. The molecule has 0 amide bonds. The predicted octanol–water partition coefficient (Wildman–Crippen LogP) is 5.49. The van der Waals surface area contributed by atoms with Crippen molar-refractivity contribution in [2.75, 3.05) is 0 Å². The SMILES string of the molecule is OC(c1ccccc1)c1cccc(C=Cc2ccc3ccccc3n2)c1. The van der Waals surface area contributed by atoms with E-state index in [4.69, 9.17) is 0 Å². The molecule has 0 bridgehead atoms. The van der Waals surface area contributed by atoms with Gasteiger partial charge in [0.2, 0.25) is 0 Å². The highest BCUT2D eigenvalue weighted by Gasteiger charge is 2.09. The van der Waals surface area contributed by atoms with Gasteiger partial charge < -0.3 is 5.11 Å². The van der Waals surface area contributed by atoms with Gasteiger partial charge in [0.1, 0.15) is 6.10 Å². The third-order valence-electron chi connectivity index (χ3n) is 4.41. The van der Waals surface area contributed by atoms with Crippen LogP contribution in [0.25, 0.3) is 23.1 Å². The summed E-state index contributed by atoms with van der Waals surface area (Å²) in [7, 11) is 0. The number of benzene rings is 3. The smallest absolute Gasteiger partial charge is 0.104 e. The van der Waals surface area contributed by atoms with Crippen LogP contribution >= 0.6 is 0 Å². The van der Waals surface area contributed by atoms with Gasteiger partial charge in [0.15, 0.2) is 0 Å². The van der Waals surface area contributed by atoms with Crippen LogP contribution in [0.15, 0.2) is 91.0 Å². The van der Waals surface area contributed by atoms with Gasteiger partial charge in [-0.25, -0.2) is 4.98 Å². The lowest BCUT2D eigenvalue weighted by atomic mass is 9.99. The number of hydrogen-bond acceptors (Lipinski definition) is 2. The molecule has 126 valence electrons. The van der Waals surface area contributed by atoms with Crippen molar-refractivity contribution in [3.8, 4) is 0 Å². The zero-order chi connectivity index (χ0) is 17.8. The summed E-state index contributed by atoms with van der Waals surface area (Å²) in [4.78, 5) is 4.66. The van der Waals surface area contributed by atoms with E-state index in [9.17, 15) is 5.11 Å². The molecule has 0 aliphatic rings. The fourth-order valence-corrected chi connectivity index (χ4v) is 3.02. The fraction of sp³-hybridized carbons (Fsp3) is 0.0417. The number of fused-ring (bicyclic) bond motifs is 1. The molecule has 0 fully saturated rings. The first kappa shape index (κ1) is 16.2. The number of pyridine rings is 1. The first-order chi connectivity index (χ1) is 12.8. The highest BCUT2D eigenvalue weighted by Crippen LogP contribution is 2.23. The quantitative estimate of drug-likeness (QED) is 0.534. The maximum Gasteiger partial charge on any atom is 0.104 e. The lowest BCUT2D eigenvalue weighted by molar-refractivity contribution is 0.220. The van der Waals surface area contributed by atoms with Gasteiger partial charge in [0.25, 0.3) is 0 Å². The number of aliphatic hydroxyl groups is 1. The molecule has 2 nitrogen and oxygen atoms in total. The van der Waals surface area contributed by atoms with Crippen LogP contribution in [-0.2, 0) is 0 Å². The summed E-state index contributed by atoms with van der Waals surface area (Å²) in [5.41, 5.74) is 4.71. The average Bonchev–Trinajstić information content (AvgIpc) is 2.72. The summed E-state index contributed by atoms with van der Waals surface area (Å²) < 4.78 is 0. The molecule has 0 saturated heterocycles. The molecular weight excluding hydrogens is 318 g/mol. The van der Waals surface area contributed by atoms with E-state index in [1.165, 1.54) is 0 Å². The van der Waals surface area contributed by atoms with Crippen LogP contribution < -0.4 is 0 Å². The standard InChI is InChI=1S/C24H19NO/c26-24(20-9-2-1-3-10-20)21-11-6-7-18(17-21)13-15-22-16-14-19-8-4-5-12-23(19)25-22/h1-17,24,26H.